The Labute approximate surface area is 330 Å². The third-order valence-corrected chi connectivity index (χ3v) is 13.3. The first kappa shape index (κ1) is 47.6. The second-order valence-corrected chi connectivity index (χ2v) is 17.8. The summed E-state index contributed by atoms with van der Waals surface area (Å²) >= 11 is 0. The second kappa shape index (κ2) is 21.8. The highest BCUT2D eigenvalue weighted by atomic mass is 31.2. The Hall–Kier alpha value is -3.82. The van der Waals surface area contributed by atoms with Crippen LogP contribution in [0.5, 0.6) is 0 Å². The molecule has 19 heteroatoms. The van der Waals surface area contributed by atoms with Crippen LogP contribution in [0, 0.1) is 0 Å². The number of halogens is 2. The van der Waals surface area contributed by atoms with Crippen LogP contribution in [0.4, 0.5) is 8.78 Å². The van der Waals surface area contributed by atoms with Gasteiger partial charge in [-0.2, -0.15) is 8.78 Å². The van der Waals surface area contributed by atoms with E-state index in [1.807, 2.05) is 0 Å². The molecule has 2 atom stereocenters. The summed E-state index contributed by atoms with van der Waals surface area (Å²) < 4.78 is 65.0. The van der Waals surface area contributed by atoms with E-state index in [9.17, 15) is 53.0 Å². The van der Waals surface area contributed by atoms with Crippen molar-refractivity contribution in [1.29, 1.82) is 0 Å². The van der Waals surface area contributed by atoms with Crippen molar-refractivity contribution in [3.63, 3.8) is 0 Å². The zero-order valence-electron chi connectivity index (χ0n) is 31.7. The fraction of sp³-hybridized carbons (Fsp3) is 0.526. The predicted molar refractivity (Wildman–Crippen MR) is 204 cm³/mol. The molecule has 1 saturated heterocycles. The van der Waals surface area contributed by atoms with Crippen LogP contribution in [0.15, 0.2) is 66.7 Å². The van der Waals surface area contributed by atoms with Crippen LogP contribution in [-0.2, 0) is 45.3 Å². The predicted octanol–water partition coefficient (Wildman–Crippen LogP) is 5.29. The molecule has 2 amide bonds. The number of hydrogen-bond acceptors (Lipinski definition) is 9. The van der Waals surface area contributed by atoms with Gasteiger partial charge in [0.05, 0.1) is 19.1 Å². The molecule has 1 heterocycles. The summed E-state index contributed by atoms with van der Waals surface area (Å²) in [5.74, 6) is -5.44. The highest BCUT2D eigenvalue weighted by Crippen LogP contribution is 2.69. The summed E-state index contributed by atoms with van der Waals surface area (Å²) in [7, 11) is -11.1. The molecule has 0 saturated carbocycles. The Morgan fingerprint density at radius 1 is 0.912 bits per heavy atom. The molecule has 316 valence electrons. The van der Waals surface area contributed by atoms with Crippen molar-refractivity contribution in [2.45, 2.75) is 107 Å². The number of aliphatic hydroxyl groups is 1. The van der Waals surface area contributed by atoms with E-state index in [4.69, 9.17) is 9.47 Å². The van der Waals surface area contributed by atoms with Crippen LogP contribution in [-0.4, -0.2) is 90.3 Å². The lowest BCUT2D eigenvalue weighted by Crippen LogP contribution is -2.36. The summed E-state index contributed by atoms with van der Waals surface area (Å²) in [6, 6.07) is 12.2. The molecule has 57 heavy (non-hydrogen) atoms. The number of ether oxygens (including phenoxy) is 2. The van der Waals surface area contributed by atoms with E-state index in [1.54, 1.807) is 17.9 Å². The van der Waals surface area contributed by atoms with Gasteiger partial charge in [-0.05, 0) is 69.2 Å². The van der Waals surface area contributed by atoms with Gasteiger partial charge in [-0.25, -0.2) is 0 Å². The van der Waals surface area contributed by atoms with Gasteiger partial charge in [0.25, 0.3) is 11.0 Å². The molecule has 0 bridgehead atoms. The van der Waals surface area contributed by atoms with Crippen molar-refractivity contribution in [1.82, 2.24) is 10.2 Å². The minimum absolute atomic E-state index is 0.0903. The quantitative estimate of drug-likeness (QED) is 0.0342. The molecule has 0 aromatic heterocycles. The van der Waals surface area contributed by atoms with E-state index in [0.29, 0.717) is 44.4 Å². The van der Waals surface area contributed by atoms with Crippen molar-refractivity contribution in [2.75, 3.05) is 19.7 Å². The average Bonchev–Trinajstić information content (AvgIpc) is 3.50. The minimum Gasteiger partial charge on any atom is -0.466 e. The van der Waals surface area contributed by atoms with Crippen LogP contribution in [0.3, 0.4) is 0 Å². The SMILES string of the molecule is CCOC(=O)CCCCCCN1C(=O)CC[C@@H]1/C=C/[C@@H](OC(=O)Cc1ccc(C(=O)NCCCCCC(O)(P(=O)(O)O)P(=O)(O)O)cc1)C(F)(F)c1ccccc1. The Morgan fingerprint density at radius 2 is 1.54 bits per heavy atom. The molecule has 15 nitrogen and oxygen atoms in total. The Balaban J connectivity index is 1.56. The first-order chi connectivity index (χ1) is 26.8. The zero-order chi connectivity index (χ0) is 42.3. The average molecular weight is 845 g/mol. The number of carbonyl (C=O) groups excluding carboxylic acids is 4. The van der Waals surface area contributed by atoms with E-state index in [1.165, 1.54) is 54.6 Å². The third kappa shape index (κ3) is 14.2. The molecule has 0 aliphatic carbocycles. The molecule has 3 rings (SSSR count). The summed E-state index contributed by atoms with van der Waals surface area (Å²) in [5, 5.41) is 9.06. The maximum atomic E-state index is 15.9. The van der Waals surface area contributed by atoms with Crippen molar-refractivity contribution >= 4 is 38.9 Å². The van der Waals surface area contributed by atoms with Crippen LogP contribution < -0.4 is 5.32 Å². The molecule has 0 unspecified atom stereocenters. The summed E-state index contributed by atoms with van der Waals surface area (Å²) in [6.45, 7) is 2.57. The van der Waals surface area contributed by atoms with Crippen LogP contribution >= 0.6 is 15.2 Å². The number of unbranched alkanes of at least 4 members (excludes halogenated alkanes) is 5. The lowest BCUT2D eigenvalue weighted by atomic mass is 10.0. The van der Waals surface area contributed by atoms with E-state index in [2.05, 4.69) is 5.32 Å². The molecule has 1 aliphatic heterocycles. The fourth-order valence-corrected chi connectivity index (χ4v) is 8.48. The van der Waals surface area contributed by atoms with Crippen molar-refractivity contribution < 1.29 is 71.2 Å². The maximum Gasteiger partial charge on any atom is 0.369 e. The number of amides is 2. The number of esters is 2. The maximum absolute atomic E-state index is 15.9. The van der Waals surface area contributed by atoms with Gasteiger partial charge in [-0.3, -0.25) is 28.3 Å². The number of likely N-dealkylation sites (tertiary alicyclic amines) is 1. The van der Waals surface area contributed by atoms with Crippen LogP contribution in [0.1, 0.15) is 99.0 Å². The fourth-order valence-electron chi connectivity index (χ4n) is 6.23. The molecule has 1 aliphatic rings. The smallest absolute Gasteiger partial charge is 0.369 e. The molecule has 2 aromatic rings. The molecule has 1 fully saturated rings. The highest BCUT2D eigenvalue weighted by molar-refractivity contribution is 7.72. The van der Waals surface area contributed by atoms with Gasteiger partial charge < -0.3 is 44.4 Å². The van der Waals surface area contributed by atoms with E-state index in [-0.39, 0.29) is 55.2 Å². The monoisotopic (exact) mass is 844 g/mol. The van der Waals surface area contributed by atoms with Gasteiger partial charge in [0.15, 0.2) is 6.10 Å². The van der Waals surface area contributed by atoms with E-state index in [0.717, 1.165) is 18.9 Å². The topological polar surface area (TPSA) is 237 Å². The zero-order valence-corrected chi connectivity index (χ0v) is 33.5. The van der Waals surface area contributed by atoms with Gasteiger partial charge in [0, 0.05) is 37.1 Å². The summed E-state index contributed by atoms with van der Waals surface area (Å²) in [5.41, 5.74) is 0.210. The molecule has 0 spiro atoms. The first-order valence-electron chi connectivity index (χ1n) is 18.8. The number of nitrogens with one attached hydrogen (secondary N) is 1. The first-order valence-corrected chi connectivity index (χ1v) is 22.0. The van der Waals surface area contributed by atoms with Gasteiger partial charge >= 0.3 is 33.1 Å². The Bertz CT molecular complexity index is 1750. The van der Waals surface area contributed by atoms with E-state index >= 15 is 8.78 Å². The number of rotatable bonds is 24. The van der Waals surface area contributed by atoms with E-state index < -0.39 is 63.1 Å². The lowest BCUT2D eigenvalue weighted by Gasteiger charge is -2.29. The normalized spacial score (nSPS) is 15.8. The molecule has 2 aromatic carbocycles. The van der Waals surface area contributed by atoms with Crippen molar-refractivity contribution in [3.05, 3.63) is 83.4 Å². The molecular weight excluding hydrogens is 792 g/mol. The lowest BCUT2D eigenvalue weighted by molar-refractivity contribution is -0.167. The Kier molecular flexibility index (Phi) is 18.2. The van der Waals surface area contributed by atoms with Crippen LogP contribution in [0.25, 0.3) is 0 Å². The standard InChI is InChI=1S/C38H52F2N2O13P2/c1-2-54-34(44)15-9-3-4-12-26-42-31(21-23-33(42)43)20-22-32(38(39,40)30-13-7-5-8-14-30)55-35(45)27-28-16-18-29(19-17-28)36(46)41-25-11-6-10-24-37(47,56(48,49)50)57(51,52)53/h5,7-8,13-14,16-20,22,31-32,47H,2-4,6,9-12,15,21,23-27H2,1H3,(H,41,46)(H2,48,49,50)(H2,51,52,53)/b22-20+/t31-,32+/m0/s1. The Morgan fingerprint density at radius 3 is 2.18 bits per heavy atom. The number of alkyl halides is 2. The molecular formula is C38H52F2N2O13P2. The van der Waals surface area contributed by atoms with Gasteiger partial charge in [-0.15, -0.1) is 0 Å². The summed E-state index contributed by atoms with van der Waals surface area (Å²) in [6.07, 6.45) is 3.48. The number of hydrogen-bond donors (Lipinski definition) is 6. The third-order valence-electron chi connectivity index (χ3n) is 9.46. The number of nitrogens with zero attached hydrogens (tertiary/aromatic N) is 1. The molecule has 0 radical (unpaired) electrons. The number of carbonyl (C=O) groups is 4. The van der Waals surface area contributed by atoms with Crippen LogP contribution in [0.2, 0.25) is 0 Å². The summed E-state index contributed by atoms with van der Waals surface area (Å²) in [4.78, 5) is 88.4. The van der Waals surface area contributed by atoms with Gasteiger partial charge in [-0.1, -0.05) is 67.8 Å². The van der Waals surface area contributed by atoms with Crippen molar-refractivity contribution in [3.8, 4) is 0 Å². The number of benzene rings is 2. The van der Waals surface area contributed by atoms with Crippen molar-refractivity contribution in [2.24, 2.45) is 0 Å². The second-order valence-electron chi connectivity index (χ2n) is 13.7. The van der Waals surface area contributed by atoms with Gasteiger partial charge in [0.2, 0.25) is 5.91 Å². The largest absolute Gasteiger partial charge is 0.466 e. The molecule has 6 N–H and O–H groups in total. The van der Waals surface area contributed by atoms with Gasteiger partial charge in [0.1, 0.15) is 0 Å². The highest BCUT2D eigenvalue weighted by Gasteiger charge is 2.58. The minimum atomic E-state index is -5.55.